The quantitative estimate of drug-likeness (QED) is 0.313. The van der Waals surface area contributed by atoms with Gasteiger partial charge in [-0.1, -0.05) is 50.4 Å². The number of benzene rings is 2. The molecule has 252 valence electrons. The number of nitrogens with one attached hydrogen (secondary N) is 1. The Balaban J connectivity index is 1.43. The van der Waals surface area contributed by atoms with E-state index in [1.165, 1.54) is 23.3 Å². The standard InChI is InChI=1S/C38H52ClF2N3O2/c1-9-10-13-35(4,5)44-21-28(27-12-11-26(40)19-33(27)41)29(22-44)34(46)43-16-14-38(15-17-43)23-37(8,36(6,7)42-25(3)45)30-20-32(39)24(2)18-31(30)38/h11-12,18-20,28-29H,9-10,13-17,21-23H2,1-8H3,(H,42,45)/t28-,29+,37+/m0/s1. The third-order valence-electron chi connectivity index (χ3n) is 12.1. The van der Waals surface area contributed by atoms with Crippen molar-refractivity contribution in [2.75, 3.05) is 26.2 Å². The summed E-state index contributed by atoms with van der Waals surface area (Å²) in [5.41, 5.74) is 2.73. The van der Waals surface area contributed by atoms with E-state index in [0.717, 1.165) is 55.2 Å². The number of amides is 2. The van der Waals surface area contributed by atoms with Gasteiger partial charge in [0.25, 0.3) is 0 Å². The summed E-state index contributed by atoms with van der Waals surface area (Å²) in [5.74, 6) is -1.94. The lowest BCUT2D eigenvalue weighted by Gasteiger charge is -2.46. The molecular formula is C38H52ClF2N3O2. The topological polar surface area (TPSA) is 52.7 Å². The van der Waals surface area contributed by atoms with Crippen LogP contribution in [-0.4, -0.2) is 58.9 Å². The molecule has 2 aromatic carbocycles. The maximum atomic E-state index is 15.2. The molecule has 1 aliphatic carbocycles. The van der Waals surface area contributed by atoms with E-state index in [0.29, 0.717) is 31.7 Å². The van der Waals surface area contributed by atoms with E-state index in [-0.39, 0.29) is 34.1 Å². The first-order valence-corrected chi connectivity index (χ1v) is 17.4. The van der Waals surface area contributed by atoms with E-state index < -0.39 is 23.1 Å². The molecule has 5 rings (SSSR count). The molecule has 0 saturated carbocycles. The van der Waals surface area contributed by atoms with Crippen molar-refractivity contribution in [2.45, 2.75) is 122 Å². The summed E-state index contributed by atoms with van der Waals surface area (Å²) in [6.45, 7) is 18.9. The zero-order valence-corrected chi connectivity index (χ0v) is 29.7. The molecule has 46 heavy (non-hydrogen) atoms. The first kappa shape index (κ1) is 34.8. The molecule has 2 amide bonds. The number of likely N-dealkylation sites (tertiary alicyclic amines) is 2. The highest BCUT2D eigenvalue weighted by Crippen LogP contribution is 2.59. The first-order valence-electron chi connectivity index (χ1n) is 17.0. The molecule has 2 aromatic rings. The highest BCUT2D eigenvalue weighted by molar-refractivity contribution is 6.31. The Morgan fingerprint density at radius 1 is 1.04 bits per heavy atom. The Bertz CT molecular complexity index is 1500. The van der Waals surface area contributed by atoms with Crippen molar-refractivity contribution >= 4 is 23.4 Å². The van der Waals surface area contributed by atoms with Crippen LogP contribution < -0.4 is 5.32 Å². The van der Waals surface area contributed by atoms with Crippen molar-refractivity contribution in [2.24, 2.45) is 5.92 Å². The van der Waals surface area contributed by atoms with Gasteiger partial charge in [-0.2, -0.15) is 0 Å². The van der Waals surface area contributed by atoms with Gasteiger partial charge in [0.15, 0.2) is 0 Å². The molecule has 2 heterocycles. The number of halogens is 3. The molecule has 8 heteroatoms. The number of piperidine rings is 1. The fourth-order valence-corrected chi connectivity index (χ4v) is 9.01. The van der Waals surface area contributed by atoms with Gasteiger partial charge >= 0.3 is 0 Å². The average Bonchev–Trinajstić information content (AvgIpc) is 3.51. The third-order valence-corrected chi connectivity index (χ3v) is 12.5. The zero-order valence-electron chi connectivity index (χ0n) is 29.0. The van der Waals surface area contributed by atoms with Gasteiger partial charge in [0.1, 0.15) is 11.6 Å². The number of unbranched alkanes of at least 4 members (excludes halogenated alkanes) is 1. The van der Waals surface area contributed by atoms with Crippen LogP contribution in [0.1, 0.15) is 115 Å². The molecule has 1 spiro atoms. The molecule has 2 aliphatic heterocycles. The molecular weight excluding hydrogens is 604 g/mol. The van der Waals surface area contributed by atoms with Crippen LogP contribution in [-0.2, 0) is 20.4 Å². The predicted octanol–water partition coefficient (Wildman–Crippen LogP) is 8.05. The second kappa shape index (κ2) is 12.5. The van der Waals surface area contributed by atoms with Crippen LogP contribution in [0.5, 0.6) is 0 Å². The molecule has 2 saturated heterocycles. The van der Waals surface area contributed by atoms with Crippen molar-refractivity contribution in [3.05, 3.63) is 69.2 Å². The lowest BCUT2D eigenvalue weighted by molar-refractivity contribution is -0.137. The summed E-state index contributed by atoms with van der Waals surface area (Å²) < 4.78 is 29.2. The molecule has 0 radical (unpaired) electrons. The predicted molar refractivity (Wildman–Crippen MR) is 181 cm³/mol. The SMILES string of the molecule is CCCCC(C)(C)N1C[C@@H](C(=O)N2CCC3(CC2)C[C@@](C)(C(C)(C)NC(C)=O)c2cc(Cl)c(C)cc23)[C@H](c2ccc(F)cc2F)C1. The largest absolute Gasteiger partial charge is 0.351 e. The van der Waals surface area contributed by atoms with Crippen LogP contribution in [0.4, 0.5) is 8.78 Å². The first-order chi connectivity index (χ1) is 21.4. The molecule has 3 atom stereocenters. The number of nitrogens with zero attached hydrogens (tertiary/aromatic N) is 2. The number of carbonyl (C=O) groups excluding carboxylic acids is 2. The van der Waals surface area contributed by atoms with Crippen LogP contribution >= 0.6 is 11.6 Å². The smallest absolute Gasteiger partial charge is 0.227 e. The number of aryl methyl sites for hydroxylation is 1. The van der Waals surface area contributed by atoms with E-state index in [1.54, 1.807) is 6.92 Å². The van der Waals surface area contributed by atoms with E-state index in [1.807, 2.05) is 11.8 Å². The van der Waals surface area contributed by atoms with Gasteiger partial charge in [-0.25, -0.2) is 8.78 Å². The molecule has 0 bridgehead atoms. The molecule has 1 N–H and O–H groups in total. The maximum absolute atomic E-state index is 15.2. The number of fused-ring (bicyclic) bond motifs is 2. The summed E-state index contributed by atoms with van der Waals surface area (Å²) in [4.78, 5) is 31.1. The van der Waals surface area contributed by atoms with Crippen molar-refractivity contribution in [3.63, 3.8) is 0 Å². The zero-order chi connectivity index (χ0) is 33.8. The van der Waals surface area contributed by atoms with Crippen LogP contribution in [0.15, 0.2) is 30.3 Å². The molecule has 0 aromatic heterocycles. The minimum Gasteiger partial charge on any atom is -0.351 e. The fourth-order valence-electron chi connectivity index (χ4n) is 8.85. The van der Waals surface area contributed by atoms with Crippen LogP contribution in [0.3, 0.4) is 0 Å². The summed E-state index contributed by atoms with van der Waals surface area (Å²) in [7, 11) is 0. The molecule has 3 aliphatic rings. The number of hydrogen-bond donors (Lipinski definition) is 1. The Hall–Kier alpha value is -2.51. The maximum Gasteiger partial charge on any atom is 0.227 e. The van der Waals surface area contributed by atoms with Crippen molar-refractivity contribution in [1.29, 1.82) is 0 Å². The summed E-state index contributed by atoms with van der Waals surface area (Å²) in [6.07, 6.45) is 5.60. The minimum absolute atomic E-state index is 0.0595. The van der Waals surface area contributed by atoms with E-state index >= 15 is 4.39 Å². The molecule has 2 fully saturated rings. The highest BCUT2D eigenvalue weighted by atomic mass is 35.5. The van der Waals surface area contributed by atoms with E-state index in [2.05, 4.69) is 63.9 Å². The molecule has 0 unspecified atom stereocenters. The Labute approximate surface area is 279 Å². The lowest BCUT2D eigenvalue weighted by atomic mass is 9.65. The minimum atomic E-state index is -0.606. The molecule has 5 nitrogen and oxygen atoms in total. The number of hydrogen-bond acceptors (Lipinski definition) is 3. The lowest BCUT2D eigenvalue weighted by Crippen LogP contribution is -2.57. The van der Waals surface area contributed by atoms with Crippen LogP contribution in [0.25, 0.3) is 0 Å². The highest BCUT2D eigenvalue weighted by Gasteiger charge is 2.57. The van der Waals surface area contributed by atoms with Gasteiger partial charge in [-0.05, 0) is 100 Å². The van der Waals surface area contributed by atoms with Crippen LogP contribution in [0, 0.1) is 24.5 Å². The van der Waals surface area contributed by atoms with E-state index in [9.17, 15) is 14.0 Å². The van der Waals surface area contributed by atoms with Gasteiger partial charge in [0.2, 0.25) is 11.8 Å². The van der Waals surface area contributed by atoms with Gasteiger partial charge in [0, 0.05) is 66.6 Å². The third kappa shape index (κ3) is 6.11. The second-order valence-electron chi connectivity index (χ2n) is 15.8. The number of carbonyl (C=O) groups is 2. The summed E-state index contributed by atoms with van der Waals surface area (Å²) >= 11 is 6.70. The van der Waals surface area contributed by atoms with Gasteiger partial charge in [0.05, 0.1) is 5.92 Å². The Kier molecular flexibility index (Phi) is 9.46. The van der Waals surface area contributed by atoms with Crippen LogP contribution in [0.2, 0.25) is 5.02 Å². The summed E-state index contributed by atoms with van der Waals surface area (Å²) in [6, 6.07) is 8.10. The second-order valence-corrected chi connectivity index (χ2v) is 16.2. The number of rotatable bonds is 8. The van der Waals surface area contributed by atoms with Gasteiger partial charge < -0.3 is 10.2 Å². The normalized spacial score (nSPS) is 24.8. The van der Waals surface area contributed by atoms with Crippen molar-refractivity contribution in [1.82, 2.24) is 15.1 Å². The Morgan fingerprint density at radius 3 is 2.33 bits per heavy atom. The van der Waals surface area contributed by atoms with Crippen molar-refractivity contribution in [3.8, 4) is 0 Å². The fraction of sp³-hybridized carbons (Fsp3) is 0.632. The monoisotopic (exact) mass is 655 g/mol. The van der Waals surface area contributed by atoms with Crippen molar-refractivity contribution < 1.29 is 18.4 Å². The summed E-state index contributed by atoms with van der Waals surface area (Å²) in [5, 5.41) is 3.94. The average molecular weight is 656 g/mol. The van der Waals surface area contributed by atoms with Gasteiger partial charge in [-0.3, -0.25) is 14.5 Å². The van der Waals surface area contributed by atoms with Gasteiger partial charge in [-0.15, -0.1) is 0 Å². The Morgan fingerprint density at radius 2 is 1.72 bits per heavy atom. The van der Waals surface area contributed by atoms with E-state index in [4.69, 9.17) is 11.6 Å².